The van der Waals surface area contributed by atoms with E-state index in [1.54, 1.807) is 0 Å². The minimum absolute atomic E-state index is 0.0575. The molecule has 0 saturated carbocycles. The molecule has 4 rings (SSSR count). The summed E-state index contributed by atoms with van der Waals surface area (Å²) in [6.45, 7) is 4.85. The van der Waals surface area contributed by atoms with Crippen molar-refractivity contribution in [2.75, 3.05) is 19.1 Å². The van der Waals surface area contributed by atoms with E-state index in [0.29, 0.717) is 19.1 Å². The summed E-state index contributed by atoms with van der Waals surface area (Å²) < 4.78 is 17.4. The van der Waals surface area contributed by atoms with E-state index in [-0.39, 0.29) is 6.10 Å². The number of ether oxygens (including phenoxy) is 3. The van der Waals surface area contributed by atoms with Gasteiger partial charge in [0, 0.05) is 5.88 Å². The molecule has 4 heteroatoms. The summed E-state index contributed by atoms with van der Waals surface area (Å²) >= 11 is 6.24. The predicted molar refractivity (Wildman–Crippen MR) is 131 cm³/mol. The van der Waals surface area contributed by atoms with Crippen LogP contribution in [0, 0.1) is 0 Å². The van der Waals surface area contributed by atoms with Gasteiger partial charge in [-0.1, -0.05) is 72.8 Å². The first-order chi connectivity index (χ1) is 15.6. The van der Waals surface area contributed by atoms with Crippen LogP contribution in [0.4, 0.5) is 0 Å². The Morgan fingerprint density at radius 3 is 2.03 bits per heavy atom. The summed E-state index contributed by atoms with van der Waals surface area (Å²) in [5, 5.41) is 0. The van der Waals surface area contributed by atoms with E-state index in [9.17, 15) is 0 Å². The highest BCUT2D eigenvalue weighted by Gasteiger charge is 2.32. The van der Waals surface area contributed by atoms with Gasteiger partial charge in [0.2, 0.25) is 0 Å². The van der Waals surface area contributed by atoms with Crippen LogP contribution in [0.15, 0.2) is 84.9 Å². The van der Waals surface area contributed by atoms with Crippen LogP contribution in [0.2, 0.25) is 0 Å². The Hall–Kier alpha value is -2.59. The van der Waals surface area contributed by atoms with Crippen LogP contribution in [0.25, 0.3) is 11.1 Å². The van der Waals surface area contributed by atoms with Gasteiger partial charge in [0.1, 0.15) is 18.5 Å². The Labute approximate surface area is 195 Å². The number of alkyl halides is 1. The lowest BCUT2D eigenvalue weighted by Crippen LogP contribution is -2.25. The molecule has 0 amide bonds. The Balaban J connectivity index is 1.63. The van der Waals surface area contributed by atoms with E-state index >= 15 is 0 Å². The number of hydrogen-bond acceptors (Lipinski definition) is 3. The second-order valence-electron chi connectivity index (χ2n) is 8.31. The molecule has 3 aromatic carbocycles. The van der Waals surface area contributed by atoms with Gasteiger partial charge in [-0.15, -0.1) is 11.6 Å². The molecule has 1 unspecified atom stereocenters. The van der Waals surface area contributed by atoms with E-state index in [1.807, 2.05) is 38.1 Å². The second kappa shape index (κ2) is 10.4. The molecular formula is C28H29ClO3. The van der Waals surface area contributed by atoms with Crippen LogP contribution in [0.5, 0.6) is 5.75 Å². The summed E-state index contributed by atoms with van der Waals surface area (Å²) in [6.07, 6.45) is 0.723. The largest absolute Gasteiger partial charge is 0.491 e. The molecule has 0 N–H and O–H groups in total. The number of rotatable bonds is 8. The van der Waals surface area contributed by atoms with Crippen LogP contribution in [0.1, 0.15) is 37.0 Å². The third-order valence-electron chi connectivity index (χ3n) is 5.48. The van der Waals surface area contributed by atoms with E-state index in [1.165, 1.54) is 22.3 Å². The van der Waals surface area contributed by atoms with Crippen LogP contribution in [-0.4, -0.2) is 31.0 Å². The predicted octanol–water partition coefficient (Wildman–Crippen LogP) is 6.80. The van der Waals surface area contributed by atoms with Crippen LogP contribution < -0.4 is 4.74 Å². The Kier molecular flexibility index (Phi) is 7.31. The lowest BCUT2D eigenvalue weighted by molar-refractivity contribution is -0.141. The molecule has 1 heterocycles. The van der Waals surface area contributed by atoms with Crippen molar-refractivity contribution < 1.29 is 14.2 Å². The summed E-state index contributed by atoms with van der Waals surface area (Å²) in [6, 6.07) is 29.2. The number of allylic oxidation sites excluding steroid dienone is 1. The van der Waals surface area contributed by atoms with Gasteiger partial charge in [-0.05, 0) is 60.2 Å². The van der Waals surface area contributed by atoms with E-state index in [4.69, 9.17) is 25.8 Å². The fourth-order valence-corrected chi connectivity index (χ4v) is 4.21. The maximum absolute atomic E-state index is 6.24. The highest BCUT2D eigenvalue weighted by molar-refractivity contribution is 6.18. The van der Waals surface area contributed by atoms with Crippen molar-refractivity contribution >= 4 is 22.7 Å². The van der Waals surface area contributed by atoms with Crippen molar-refractivity contribution in [1.29, 1.82) is 0 Å². The van der Waals surface area contributed by atoms with Gasteiger partial charge < -0.3 is 14.2 Å². The fraction of sp³-hybridized carbons (Fsp3) is 0.286. The zero-order valence-corrected chi connectivity index (χ0v) is 19.3. The van der Waals surface area contributed by atoms with Crippen molar-refractivity contribution in [3.63, 3.8) is 0 Å². The maximum Gasteiger partial charge on any atom is 0.163 e. The third kappa shape index (κ3) is 5.60. The Bertz CT molecular complexity index is 1030. The first-order valence-electron chi connectivity index (χ1n) is 11.0. The zero-order chi connectivity index (χ0) is 22.4. The molecular weight excluding hydrogens is 420 g/mol. The van der Waals surface area contributed by atoms with Crippen molar-refractivity contribution in [3.05, 3.63) is 102 Å². The molecule has 1 saturated heterocycles. The lowest BCUT2D eigenvalue weighted by atomic mass is 9.88. The van der Waals surface area contributed by atoms with Gasteiger partial charge >= 0.3 is 0 Å². The molecule has 3 aromatic rings. The molecule has 0 aliphatic carbocycles. The summed E-state index contributed by atoms with van der Waals surface area (Å²) in [4.78, 5) is 0. The number of benzene rings is 3. The van der Waals surface area contributed by atoms with Gasteiger partial charge in [-0.2, -0.15) is 0 Å². The molecule has 166 valence electrons. The highest BCUT2D eigenvalue weighted by atomic mass is 35.5. The van der Waals surface area contributed by atoms with Crippen LogP contribution in [-0.2, 0) is 9.47 Å². The summed E-state index contributed by atoms with van der Waals surface area (Å²) in [5.74, 6) is 0.832. The minimum Gasteiger partial charge on any atom is -0.491 e. The highest BCUT2D eigenvalue weighted by Crippen LogP contribution is 2.35. The Morgan fingerprint density at radius 2 is 1.47 bits per heavy atom. The van der Waals surface area contributed by atoms with Crippen molar-refractivity contribution in [1.82, 2.24) is 0 Å². The average Bonchev–Trinajstić information content (AvgIpc) is 3.18. The fourth-order valence-electron chi connectivity index (χ4n) is 4.02. The summed E-state index contributed by atoms with van der Waals surface area (Å²) in [7, 11) is 0. The summed E-state index contributed by atoms with van der Waals surface area (Å²) in [5.41, 5.74) is 5.92. The maximum atomic E-state index is 6.24. The van der Waals surface area contributed by atoms with Gasteiger partial charge in [0.25, 0.3) is 0 Å². The second-order valence-corrected chi connectivity index (χ2v) is 8.69. The van der Waals surface area contributed by atoms with Gasteiger partial charge in [0.05, 0.1) is 6.61 Å². The molecule has 1 atom stereocenters. The van der Waals surface area contributed by atoms with Crippen LogP contribution >= 0.6 is 11.6 Å². The van der Waals surface area contributed by atoms with E-state index in [2.05, 4.69) is 60.7 Å². The standard InChI is InChI=1S/C28H29ClO3/c1-28(2)31-20-25(32-28)19-30-24-15-13-23(14-16-24)27(22-11-7-4-8-12-22)26(17-18-29)21-9-5-3-6-10-21/h3-16,25H,17-20H2,1-2H3/b27-26-. The monoisotopic (exact) mass is 448 g/mol. The molecule has 1 aliphatic rings. The molecule has 1 aliphatic heterocycles. The van der Waals surface area contributed by atoms with Gasteiger partial charge in [-0.3, -0.25) is 0 Å². The molecule has 0 radical (unpaired) electrons. The number of halogens is 1. The SMILES string of the molecule is CC1(C)OCC(COc2ccc(/C(=C(/CCCl)c3ccccc3)c3ccccc3)cc2)O1. The average molecular weight is 449 g/mol. The lowest BCUT2D eigenvalue weighted by Gasteiger charge is -2.18. The molecule has 0 spiro atoms. The topological polar surface area (TPSA) is 27.7 Å². The Morgan fingerprint density at radius 1 is 0.875 bits per heavy atom. The first-order valence-corrected chi connectivity index (χ1v) is 11.5. The molecule has 3 nitrogen and oxygen atoms in total. The minimum atomic E-state index is -0.538. The quantitative estimate of drug-likeness (QED) is 0.280. The van der Waals surface area contributed by atoms with Gasteiger partial charge in [0.15, 0.2) is 5.79 Å². The van der Waals surface area contributed by atoms with E-state index in [0.717, 1.165) is 17.7 Å². The van der Waals surface area contributed by atoms with Crippen molar-refractivity contribution in [2.45, 2.75) is 32.2 Å². The smallest absolute Gasteiger partial charge is 0.163 e. The van der Waals surface area contributed by atoms with E-state index < -0.39 is 5.79 Å². The van der Waals surface area contributed by atoms with Crippen LogP contribution in [0.3, 0.4) is 0 Å². The molecule has 32 heavy (non-hydrogen) atoms. The molecule has 0 bridgehead atoms. The van der Waals surface area contributed by atoms with Crippen molar-refractivity contribution in [2.24, 2.45) is 0 Å². The zero-order valence-electron chi connectivity index (χ0n) is 18.6. The number of hydrogen-bond donors (Lipinski definition) is 0. The molecule has 0 aromatic heterocycles. The van der Waals surface area contributed by atoms with Crippen molar-refractivity contribution in [3.8, 4) is 5.75 Å². The third-order valence-corrected chi connectivity index (χ3v) is 5.67. The first kappa shape index (κ1) is 22.6. The van der Waals surface area contributed by atoms with Gasteiger partial charge in [-0.25, -0.2) is 0 Å². The molecule has 1 fully saturated rings. The normalized spacial score (nSPS) is 18.3.